The number of carbonyl (C=O) groups is 2. The number of quaternary nitrogens is 1. The predicted octanol–water partition coefficient (Wildman–Crippen LogP) is 0.356. The van der Waals surface area contributed by atoms with Crippen molar-refractivity contribution in [2.24, 2.45) is 0 Å². The van der Waals surface area contributed by atoms with E-state index in [1.807, 2.05) is 28.1 Å². The minimum absolute atomic E-state index is 0. The van der Waals surface area contributed by atoms with Gasteiger partial charge in [-0.25, -0.2) is 0 Å². The molecule has 0 aromatic rings. The van der Waals surface area contributed by atoms with E-state index in [0.29, 0.717) is 17.4 Å². The largest absolute Gasteiger partial charge is 0.550 e. The Morgan fingerprint density at radius 3 is 2.22 bits per heavy atom. The number of hydrogen-bond acceptors (Lipinski definition) is 4. The second-order valence-electron chi connectivity index (χ2n) is 5.26. The summed E-state index contributed by atoms with van der Waals surface area (Å²) in [5, 5.41) is 10.6. The summed E-state index contributed by atoms with van der Waals surface area (Å²) >= 11 is 0. The van der Waals surface area contributed by atoms with Crippen molar-refractivity contribution in [3.05, 3.63) is 0 Å². The molecule has 0 aromatic carbocycles. The molecule has 0 unspecified atom stereocenters. The van der Waals surface area contributed by atoms with E-state index in [4.69, 9.17) is 4.74 Å². The maximum absolute atomic E-state index is 11.4. The zero-order valence-electron chi connectivity index (χ0n) is 11.6. The molecule has 0 aliphatic heterocycles. The van der Waals surface area contributed by atoms with Crippen LogP contribution in [0.1, 0.15) is 32.6 Å². The molecule has 0 fully saturated rings. The molecular formula is C12H24ClNO4. The molecule has 0 rings (SSSR count). The van der Waals surface area contributed by atoms with Gasteiger partial charge in [0.05, 0.1) is 21.1 Å². The molecule has 0 radical (unpaired) electrons. The topological polar surface area (TPSA) is 66.4 Å². The van der Waals surface area contributed by atoms with Crippen LogP contribution in [0.5, 0.6) is 0 Å². The Morgan fingerprint density at radius 1 is 1.28 bits per heavy atom. The minimum atomic E-state index is -1.19. The molecule has 5 nitrogen and oxygen atoms in total. The molecule has 1 atom stereocenters. The highest BCUT2D eigenvalue weighted by Gasteiger charge is 2.22. The van der Waals surface area contributed by atoms with Crippen molar-refractivity contribution < 1.29 is 23.9 Å². The molecule has 108 valence electrons. The maximum Gasteiger partial charge on any atom is 0.306 e. The molecule has 0 spiro atoms. The zero-order valence-corrected chi connectivity index (χ0v) is 12.4. The van der Waals surface area contributed by atoms with Crippen LogP contribution in [0.4, 0.5) is 0 Å². The number of unbranched alkanes of at least 4 members (excludes halogenated alkanes) is 1. The van der Waals surface area contributed by atoms with E-state index < -0.39 is 12.1 Å². The first-order chi connectivity index (χ1) is 7.74. The molecule has 0 saturated heterocycles. The fourth-order valence-electron chi connectivity index (χ4n) is 1.51. The molecule has 0 saturated carbocycles. The number of carboxylic acid groups (broad SMARTS) is 1. The lowest BCUT2D eigenvalue weighted by atomic mass is 10.2. The van der Waals surface area contributed by atoms with Crippen LogP contribution in [0.25, 0.3) is 0 Å². The first-order valence-corrected chi connectivity index (χ1v) is 5.94. The maximum atomic E-state index is 11.4. The average molecular weight is 282 g/mol. The fraction of sp³-hybridized carbons (Fsp3) is 0.833. The highest BCUT2D eigenvalue weighted by atomic mass is 35.5. The number of ether oxygens (including phenoxy) is 1. The van der Waals surface area contributed by atoms with Gasteiger partial charge in [-0.15, -0.1) is 12.4 Å². The average Bonchev–Trinajstić information content (AvgIpc) is 2.10. The van der Waals surface area contributed by atoms with Crippen molar-refractivity contribution in [3.63, 3.8) is 0 Å². The molecule has 0 amide bonds. The monoisotopic (exact) mass is 281 g/mol. The Labute approximate surface area is 115 Å². The van der Waals surface area contributed by atoms with Crippen LogP contribution in [0.3, 0.4) is 0 Å². The van der Waals surface area contributed by atoms with E-state index in [1.54, 1.807) is 0 Å². The Morgan fingerprint density at radius 2 is 1.83 bits per heavy atom. The Kier molecular flexibility index (Phi) is 9.94. The molecule has 0 aliphatic carbocycles. The Bertz CT molecular complexity index is 263. The van der Waals surface area contributed by atoms with Crippen LogP contribution in [0.15, 0.2) is 0 Å². The minimum Gasteiger partial charge on any atom is -0.550 e. The van der Waals surface area contributed by atoms with Crippen molar-refractivity contribution >= 4 is 24.3 Å². The second kappa shape index (κ2) is 9.16. The lowest BCUT2D eigenvalue weighted by molar-refractivity contribution is -0.873. The number of halogens is 1. The molecular weight excluding hydrogens is 258 g/mol. The van der Waals surface area contributed by atoms with Crippen LogP contribution in [-0.2, 0) is 14.3 Å². The summed E-state index contributed by atoms with van der Waals surface area (Å²) in [5.74, 6) is -1.52. The second-order valence-corrected chi connectivity index (χ2v) is 5.26. The van der Waals surface area contributed by atoms with Gasteiger partial charge in [0, 0.05) is 18.8 Å². The fourth-order valence-corrected chi connectivity index (χ4v) is 1.51. The van der Waals surface area contributed by atoms with Gasteiger partial charge >= 0.3 is 5.97 Å². The van der Waals surface area contributed by atoms with Crippen molar-refractivity contribution in [1.82, 2.24) is 0 Å². The smallest absolute Gasteiger partial charge is 0.306 e. The Balaban J connectivity index is 0. The van der Waals surface area contributed by atoms with Crippen molar-refractivity contribution in [2.45, 2.75) is 38.7 Å². The predicted molar refractivity (Wildman–Crippen MR) is 69.2 cm³/mol. The summed E-state index contributed by atoms with van der Waals surface area (Å²) in [6.07, 6.45) is 1.17. The lowest BCUT2D eigenvalue weighted by Crippen LogP contribution is -2.45. The Hall–Kier alpha value is -0.810. The van der Waals surface area contributed by atoms with Gasteiger partial charge in [-0.1, -0.05) is 13.3 Å². The molecule has 0 heterocycles. The molecule has 18 heavy (non-hydrogen) atoms. The van der Waals surface area contributed by atoms with Crippen molar-refractivity contribution in [3.8, 4) is 0 Å². The number of esters is 1. The summed E-state index contributed by atoms with van der Waals surface area (Å²) in [7, 11) is 5.76. The lowest BCUT2D eigenvalue weighted by Gasteiger charge is -2.29. The number of rotatable bonds is 8. The summed E-state index contributed by atoms with van der Waals surface area (Å²) in [6.45, 7) is 2.45. The summed E-state index contributed by atoms with van der Waals surface area (Å²) in [4.78, 5) is 22.0. The molecule has 0 aromatic heterocycles. The normalized spacial score (nSPS) is 12.4. The van der Waals surface area contributed by atoms with Crippen LogP contribution >= 0.6 is 12.4 Å². The third-order valence-electron chi connectivity index (χ3n) is 2.18. The van der Waals surface area contributed by atoms with Crippen LogP contribution < -0.4 is 5.11 Å². The van der Waals surface area contributed by atoms with Gasteiger partial charge in [0.15, 0.2) is 6.10 Å². The third kappa shape index (κ3) is 11.7. The first kappa shape index (κ1) is 19.5. The van der Waals surface area contributed by atoms with Gasteiger partial charge in [0.1, 0.15) is 6.54 Å². The van der Waals surface area contributed by atoms with E-state index in [0.717, 1.165) is 12.8 Å². The SMILES string of the molecule is CCCCC(=O)O[C@H](CC(=O)[O-])C[N+](C)(C)C.Cl. The number of carbonyl (C=O) groups excluding carboxylic acids is 2. The standard InChI is InChI=1S/C12H23NO4.ClH/c1-5-6-7-12(16)17-10(8-11(14)15)9-13(2,3)4;/h10H,5-9H2,1-4H3;1H/t10-;/m1./s1. The van der Waals surface area contributed by atoms with Crippen LogP contribution in [0.2, 0.25) is 0 Å². The van der Waals surface area contributed by atoms with Gasteiger partial charge < -0.3 is 19.1 Å². The zero-order chi connectivity index (χ0) is 13.5. The van der Waals surface area contributed by atoms with E-state index in [1.165, 1.54) is 0 Å². The van der Waals surface area contributed by atoms with Crippen LogP contribution in [-0.4, -0.2) is 50.2 Å². The van der Waals surface area contributed by atoms with E-state index in [9.17, 15) is 14.7 Å². The number of likely N-dealkylation sites (N-methyl/N-ethyl adjacent to an activating group) is 1. The van der Waals surface area contributed by atoms with Crippen molar-refractivity contribution in [1.29, 1.82) is 0 Å². The molecule has 6 heteroatoms. The van der Waals surface area contributed by atoms with E-state index in [-0.39, 0.29) is 24.8 Å². The molecule has 0 aliphatic rings. The van der Waals surface area contributed by atoms with Gasteiger partial charge in [0.2, 0.25) is 0 Å². The number of aliphatic carboxylic acids is 1. The number of hydrogen-bond donors (Lipinski definition) is 0. The summed E-state index contributed by atoms with van der Waals surface area (Å²) in [5.41, 5.74) is 0. The number of carboxylic acids is 1. The molecule has 0 N–H and O–H groups in total. The summed E-state index contributed by atoms with van der Waals surface area (Å²) < 4.78 is 5.70. The third-order valence-corrected chi connectivity index (χ3v) is 2.18. The quantitative estimate of drug-likeness (QED) is 0.476. The first-order valence-electron chi connectivity index (χ1n) is 5.94. The van der Waals surface area contributed by atoms with Gasteiger partial charge in [0.25, 0.3) is 0 Å². The van der Waals surface area contributed by atoms with E-state index in [2.05, 4.69) is 0 Å². The van der Waals surface area contributed by atoms with Gasteiger partial charge in [-0.2, -0.15) is 0 Å². The van der Waals surface area contributed by atoms with Crippen LogP contribution in [0, 0.1) is 0 Å². The summed E-state index contributed by atoms with van der Waals surface area (Å²) in [6, 6.07) is 0. The van der Waals surface area contributed by atoms with E-state index >= 15 is 0 Å². The van der Waals surface area contributed by atoms with Crippen molar-refractivity contribution in [2.75, 3.05) is 27.7 Å². The number of nitrogens with zero attached hydrogens (tertiary/aromatic N) is 1. The van der Waals surface area contributed by atoms with Gasteiger partial charge in [-0.05, 0) is 6.42 Å². The highest BCUT2D eigenvalue weighted by Crippen LogP contribution is 2.07. The highest BCUT2D eigenvalue weighted by molar-refractivity contribution is 5.85. The van der Waals surface area contributed by atoms with Gasteiger partial charge in [-0.3, -0.25) is 4.79 Å². The molecule has 0 bridgehead atoms.